The summed E-state index contributed by atoms with van der Waals surface area (Å²) in [6.07, 6.45) is 1.16. The summed E-state index contributed by atoms with van der Waals surface area (Å²) >= 11 is 0. The molecule has 1 aromatic heterocycles. The maximum atomic E-state index is 13.3. The van der Waals surface area contributed by atoms with E-state index in [9.17, 15) is 14.0 Å². The van der Waals surface area contributed by atoms with Crippen molar-refractivity contribution in [3.8, 4) is 0 Å². The Balaban J connectivity index is 2.09. The number of hydrogen-bond acceptors (Lipinski definition) is 3. The molecule has 0 fully saturated rings. The number of rotatable bonds is 4. The molecular weight excluding hydrogens is 263 g/mol. The number of carboxylic acids is 1. The summed E-state index contributed by atoms with van der Waals surface area (Å²) < 4.78 is 13.3. The lowest BCUT2D eigenvalue weighted by Crippen LogP contribution is -2.14. The molecular formula is C14H11FN2O3. The molecule has 0 saturated heterocycles. The van der Waals surface area contributed by atoms with Crippen molar-refractivity contribution in [2.75, 3.05) is 5.32 Å². The lowest BCUT2D eigenvalue weighted by molar-refractivity contribution is -0.136. The Bertz CT molecular complexity index is 641. The molecule has 1 heterocycles. The van der Waals surface area contributed by atoms with Crippen LogP contribution in [0.15, 0.2) is 42.6 Å². The summed E-state index contributed by atoms with van der Waals surface area (Å²) in [6.45, 7) is 0. The average Bonchev–Trinajstić information content (AvgIpc) is 2.41. The van der Waals surface area contributed by atoms with Crippen molar-refractivity contribution < 1.29 is 19.1 Å². The van der Waals surface area contributed by atoms with Gasteiger partial charge < -0.3 is 10.4 Å². The minimum atomic E-state index is -0.931. The normalized spacial score (nSPS) is 10.1. The predicted molar refractivity (Wildman–Crippen MR) is 69.9 cm³/mol. The molecule has 5 nitrogen and oxygen atoms in total. The molecule has 0 aliphatic carbocycles. The van der Waals surface area contributed by atoms with Crippen LogP contribution in [0.1, 0.15) is 15.9 Å². The van der Waals surface area contributed by atoms with Crippen molar-refractivity contribution >= 4 is 17.6 Å². The molecule has 2 N–H and O–H groups in total. The molecule has 0 unspecified atom stereocenters. The first-order valence-corrected chi connectivity index (χ1v) is 5.79. The Labute approximate surface area is 114 Å². The van der Waals surface area contributed by atoms with E-state index < -0.39 is 17.8 Å². The Hall–Kier alpha value is -2.76. The fourth-order valence-corrected chi connectivity index (χ4v) is 1.63. The molecule has 0 spiro atoms. The maximum Gasteiger partial charge on any atom is 0.307 e. The molecule has 20 heavy (non-hydrogen) atoms. The van der Waals surface area contributed by atoms with Crippen LogP contribution in [-0.4, -0.2) is 22.0 Å². The van der Waals surface area contributed by atoms with Crippen LogP contribution in [0.2, 0.25) is 0 Å². The van der Waals surface area contributed by atoms with E-state index in [1.165, 1.54) is 18.3 Å². The number of pyridine rings is 1. The summed E-state index contributed by atoms with van der Waals surface area (Å²) in [5.74, 6) is -2.38. The van der Waals surface area contributed by atoms with Gasteiger partial charge in [0.2, 0.25) is 5.95 Å². The number of halogens is 1. The van der Waals surface area contributed by atoms with Crippen LogP contribution in [0.25, 0.3) is 0 Å². The SMILES string of the molecule is O=C(O)Cc1ccc(NC(=O)c2cccnc2F)cc1. The molecule has 1 aromatic carbocycles. The third-order valence-electron chi connectivity index (χ3n) is 2.57. The van der Waals surface area contributed by atoms with Crippen LogP contribution in [0, 0.1) is 5.95 Å². The van der Waals surface area contributed by atoms with E-state index in [0.29, 0.717) is 11.3 Å². The minimum absolute atomic E-state index is 0.0918. The highest BCUT2D eigenvalue weighted by Crippen LogP contribution is 2.12. The molecule has 0 aliphatic rings. The van der Waals surface area contributed by atoms with E-state index in [-0.39, 0.29) is 12.0 Å². The van der Waals surface area contributed by atoms with Crippen molar-refractivity contribution in [3.05, 3.63) is 59.7 Å². The van der Waals surface area contributed by atoms with E-state index >= 15 is 0 Å². The van der Waals surface area contributed by atoms with Gasteiger partial charge in [0.25, 0.3) is 5.91 Å². The van der Waals surface area contributed by atoms with E-state index in [0.717, 1.165) is 0 Å². The van der Waals surface area contributed by atoms with Gasteiger partial charge >= 0.3 is 5.97 Å². The number of nitrogens with one attached hydrogen (secondary N) is 1. The second-order valence-corrected chi connectivity index (χ2v) is 4.06. The van der Waals surface area contributed by atoms with E-state index in [1.54, 1.807) is 24.3 Å². The topological polar surface area (TPSA) is 79.3 Å². The monoisotopic (exact) mass is 274 g/mol. The summed E-state index contributed by atoms with van der Waals surface area (Å²) in [5.41, 5.74) is 0.914. The quantitative estimate of drug-likeness (QED) is 0.837. The van der Waals surface area contributed by atoms with E-state index in [4.69, 9.17) is 5.11 Å². The number of hydrogen-bond donors (Lipinski definition) is 2. The largest absolute Gasteiger partial charge is 0.481 e. The van der Waals surface area contributed by atoms with Gasteiger partial charge in [-0.2, -0.15) is 4.39 Å². The first-order valence-electron chi connectivity index (χ1n) is 5.79. The first kappa shape index (κ1) is 13.7. The average molecular weight is 274 g/mol. The van der Waals surface area contributed by atoms with Crippen molar-refractivity contribution in [1.29, 1.82) is 0 Å². The molecule has 0 saturated carbocycles. The van der Waals surface area contributed by atoms with Crippen molar-refractivity contribution in [2.24, 2.45) is 0 Å². The molecule has 0 bridgehead atoms. The van der Waals surface area contributed by atoms with Crippen LogP contribution in [0.4, 0.5) is 10.1 Å². The fraction of sp³-hybridized carbons (Fsp3) is 0.0714. The maximum absolute atomic E-state index is 13.3. The molecule has 6 heteroatoms. The third kappa shape index (κ3) is 3.38. The summed E-state index contributed by atoms with van der Waals surface area (Å²) in [4.78, 5) is 25.7. The Kier molecular flexibility index (Phi) is 4.05. The van der Waals surface area contributed by atoms with Gasteiger partial charge in [-0.05, 0) is 29.8 Å². The van der Waals surface area contributed by atoms with Gasteiger partial charge in [-0.1, -0.05) is 12.1 Å². The van der Waals surface area contributed by atoms with E-state index in [2.05, 4.69) is 10.3 Å². The number of carbonyl (C=O) groups is 2. The van der Waals surface area contributed by atoms with Crippen LogP contribution < -0.4 is 5.32 Å². The summed E-state index contributed by atoms with van der Waals surface area (Å²) in [5, 5.41) is 11.2. The van der Waals surface area contributed by atoms with Crippen molar-refractivity contribution in [2.45, 2.75) is 6.42 Å². The van der Waals surface area contributed by atoms with Gasteiger partial charge in [-0.15, -0.1) is 0 Å². The van der Waals surface area contributed by atoms with Crippen molar-refractivity contribution in [3.63, 3.8) is 0 Å². The number of amides is 1. The number of aromatic nitrogens is 1. The molecule has 2 rings (SSSR count). The lowest BCUT2D eigenvalue weighted by Gasteiger charge is -2.06. The third-order valence-corrected chi connectivity index (χ3v) is 2.57. The fourth-order valence-electron chi connectivity index (χ4n) is 1.63. The zero-order chi connectivity index (χ0) is 14.5. The standard InChI is InChI=1S/C14H11FN2O3/c15-13-11(2-1-7-16-13)14(20)17-10-5-3-9(4-6-10)8-12(18)19/h1-7H,8H2,(H,17,20)(H,18,19). The smallest absolute Gasteiger partial charge is 0.307 e. The number of carbonyl (C=O) groups excluding carboxylic acids is 1. The van der Waals surface area contributed by atoms with Gasteiger partial charge in [0.05, 0.1) is 12.0 Å². The van der Waals surface area contributed by atoms with E-state index in [1.807, 2.05) is 0 Å². The van der Waals surface area contributed by atoms with Gasteiger partial charge in [-0.3, -0.25) is 9.59 Å². The lowest BCUT2D eigenvalue weighted by atomic mass is 10.1. The first-order chi connectivity index (χ1) is 9.56. The Morgan fingerprint density at radius 3 is 2.50 bits per heavy atom. The van der Waals surface area contributed by atoms with Gasteiger partial charge in [0, 0.05) is 11.9 Å². The Morgan fingerprint density at radius 1 is 1.20 bits per heavy atom. The number of nitrogens with zero attached hydrogens (tertiary/aromatic N) is 1. The molecule has 0 aliphatic heterocycles. The molecule has 1 amide bonds. The number of aliphatic carboxylic acids is 1. The second-order valence-electron chi connectivity index (χ2n) is 4.06. The summed E-state index contributed by atoms with van der Waals surface area (Å²) in [6, 6.07) is 9.09. The van der Waals surface area contributed by atoms with Crippen LogP contribution in [0.5, 0.6) is 0 Å². The zero-order valence-electron chi connectivity index (χ0n) is 10.3. The van der Waals surface area contributed by atoms with Crippen LogP contribution >= 0.6 is 0 Å². The minimum Gasteiger partial charge on any atom is -0.481 e. The number of anilines is 1. The second kappa shape index (κ2) is 5.92. The van der Waals surface area contributed by atoms with Crippen LogP contribution in [0.3, 0.4) is 0 Å². The van der Waals surface area contributed by atoms with Gasteiger partial charge in [0.1, 0.15) is 0 Å². The molecule has 2 aromatic rings. The van der Waals surface area contributed by atoms with Crippen molar-refractivity contribution in [1.82, 2.24) is 4.98 Å². The van der Waals surface area contributed by atoms with Crippen LogP contribution in [-0.2, 0) is 11.2 Å². The Morgan fingerprint density at radius 2 is 1.90 bits per heavy atom. The highest BCUT2D eigenvalue weighted by atomic mass is 19.1. The zero-order valence-corrected chi connectivity index (χ0v) is 10.3. The highest BCUT2D eigenvalue weighted by Gasteiger charge is 2.12. The molecule has 102 valence electrons. The predicted octanol–water partition coefficient (Wildman–Crippen LogP) is 2.10. The summed E-state index contributed by atoms with van der Waals surface area (Å²) in [7, 11) is 0. The number of carboxylic acid groups (broad SMARTS) is 1. The number of benzene rings is 1. The van der Waals surface area contributed by atoms with Gasteiger partial charge in [0.15, 0.2) is 0 Å². The highest BCUT2D eigenvalue weighted by molar-refractivity contribution is 6.04. The van der Waals surface area contributed by atoms with Gasteiger partial charge in [-0.25, -0.2) is 4.98 Å². The molecule has 0 atom stereocenters. The molecule has 0 radical (unpaired) electrons.